The van der Waals surface area contributed by atoms with E-state index >= 15 is 0 Å². The lowest BCUT2D eigenvalue weighted by molar-refractivity contribution is 0.229. The molecule has 2 N–H and O–H groups in total. The van der Waals surface area contributed by atoms with Gasteiger partial charge in [-0.25, -0.2) is 4.39 Å². The number of rotatable bonds is 3. The Bertz CT molecular complexity index is 490. The number of benzene rings is 1. The second kappa shape index (κ2) is 4.28. The van der Waals surface area contributed by atoms with Gasteiger partial charge < -0.3 is 5.11 Å². The van der Waals surface area contributed by atoms with Crippen molar-refractivity contribution in [3.05, 3.63) is 54.5 Å². The smallest absolute Gasteiger partial charge is 0.123 e. The molecule has 0 aliphatic rings. The SMILES string of the molecule is C=CC(O)c1cn[nH]c1-c1ccc(F)cc1. The van der Waals surface area contributed by atoms with Gasteiger partial charge >= 0.3 is 0 Å². The maximum atomic E-state index is 12.8. The number of nitrogens with one attached hydrogen (secondary N) is 1. The van der Waals surface area contributed by atoms with Gasteiger partial charge in [-0.15, -0.1) is 6.58 Å². The molecular weight excluding hydrogens is 207 g/mol. The first kappa shape index (κ1) is 10.6. The van der Waals surface area contributed by atoms with Gasteiger partial charge in [-0.1, -0.05) is 6.08 Å². The van der Waals surface area contributed by atoms with Crippen molar-refractivity contribution >= 4 is 0 Å². The van der Waals surface area contributed by atoms with Gasteiger partial charge in [-0.3, -0.25) is 5.10 Å². The van der Waals surface area contributed by atoms with Crippen molar-refractivity contribution < 1.29 is 9.50 Å². The highest BCUT2D eigenvalue weighted by Crippen LogP contribution is 2.26. The summed E-state index contributed by atoms with van der Waals surface area (Å²) in [7, 11) is 0. The molecule has 2 rings (SSSR count). The fraction of sp³-hybridized carbons (Fsp3) is 0.0833. The minimum atomic E-state index is -0.779. The summed E-state index contributed by atoms with van der Waals surface area (Å²) in [4.78, 5) is 0. The van der Waals surface area contributed by atoms with Gasteiger partial charge in [0.1, 0.15) is 11.9 Å². The van der Waals surface area contributed by atoms with E-state index in [4.69, 9.17) is 0 Å². The molecule has 0 aliphatic carbocycles. The largest absolute Gasteiger partial charge is 0.384 e. The first-order chi connectivity index (χ1) is 7.72. The molecule has 1 aromatic carbocycles. The number of aromatic amines is 1. The predicted molar refractivity (Wildman–Crippen MR) is 59.1 cm³/mol. The van der Waals surface area contributed by atoms with E-state index in [0.717, 1.165) is 5.56 Å². The van der Waals surface area contributed by atoms with Gasteiger partial charge in [-0.2, -0.15) is 5.10 Å². The van der Waals surface area contributed by atoms with Crippen molar-refractivity contribution in [1.29, 1.82) is 0 Å². The zero-order chi connectivity index (χ0) is 11.5. The fourth-order valence-corrected chi connectivity index (χ4v) is 1.49. The lowest BCUT2D eigenvalue weighted by Gasteiger charge is -2.06. The van der Waals surface area contributed by atoms with Gasteiger partial charge in [0, 0.05) is 11.1 Å². The van der Waals surface area contributed by atoms with E-state index in [1.54, 1.807) is 12.1 Å². The van der Waals surface area contributed by atoms with E-state index < -0.39 is 6.10 Å². The van der Waals surface area contributed by atoms with E-state index in [1.807, 2.05) is 0 Å². The minimum absolute atomic E-state index is 0.297. The molecule has 0 fully saturated rings. The molecule has 1 aromatic heterocycles. The molecule has 2 aromatic rings. The number of hydrogen-bond donors (Lipinski definition) is 2. The summed E-state index contributed by atoms with van der Waals surface area (Å²) in [5.41, 5.74) is 2.07. The van der Waals surface area contributed by atoms with Crippen LogP contribution in [0.4, 0.5) is 4.39 Å². The van der Waals surface area contributed by atoms with Crippen molar-refractivity contribution in [1.82, 2.24) is 10.2 Å². The molecule has 0 spiro atoms. The van der Waals surface area contributed by atoms with E-state index in [1.165, 1.54) is 24.4 Å². The summed E-state index contributed by atoms with van der Waals surface area (Å²) in [6.07, 6.45) is 2.17. The van der Waals surface area contributed by atoms with Crippen LogP contribution in [0.1, 0.15) is 11.7 Å². The quantitative estimate of drug-likeness (QED) is 0.777. The van der Waals surface area contributed by atoms with Gasteiger partial charge in [0.15, 0.2) is 0 Å². The number of H-pyrrole nitrogens is 1. The summed E-state index contributed by atoms with van der Waals surface area (Å²) < 4.78 is 12.8. The van der Waals surface area contributed by atoms with Crippen molar-refractivity contribution in [2.75, 3.05) is 0 Å². The maximum Gasteiger partial charge on any atom is 0.123 e. The van der Waals surface area contributed by atoms with E-state index in [-0.39, 0.29) is 5.82 Å². The molecule has 0 aliphatic heterocycles. The monoisotopic (exact) mass is 218 g/mol. The highest BCUT2D eigenvalue weighted by molar-refractivity contribution is 5.63. The van der Waals surface area contributed by atoms with E-state index in [2.05, 4.69) is 16.8 Å². The van der Waals surface area contributed by atoms with Crippen LogP contribution in [0.5, 0.6) is 0 Å². The molecule has 4 heteroatoms. The highest BCUT2D eigenvalue weighted by Gasteiger charge is 2.12. The lowest BCUT2D eigenvalue weighted by Crippen LogP contribution is -1.93. The number of aromatic nitrogens is 2. The zero-order valence-corrected chi connectivity index (χ0v) is 8.52. The molecule has 3 nitrogen and oxygen atoms in total. The van der Waals surface area contributed by atoms with E-state index in [0.29, 0.717) is 11.3 Å². The number of nitrogens with zero attached hydrogens (tertiary/aromatic N) is 1. The molecule has 16 heavy (non-hydrogen) atoms. The minimum Gasteiger partial charge on any atom is -0.384 e. The Balaban J connectivity index is 2.44. The van der Waals surface area contributed by atoms with Crippen LogP contribution in [0.2, 0.25) is 0 Å². The Kier molecular flexibility index (Phi) is 2.83. The molecule has 82 valence electrons. The first-order valence-corrected chi connectivity index (χ1v) is 4.82. The lowest BCUT2D eigenvalue weighted by atomic mass is 10.0. The van der Waals surface area contributed by atoms with Crippen LogP contribution in [0.15, 0.2) is 43.1 Å². The molecule has 0 bridgehead atoms. The normalized spacial score (nSPS) is 12.4. The second-order valence-corrected chi connectivity index (χ2v) is 3.39. The first-order valence-electron chi connectivity index (χ1n) is 4.82. The van der Waals surface area contributed by atoms with Crippen LogP contribution < -0.4 is 0 Å². The van der Waals surface area contributed by atoms with Crippen molar-refractivity contribution in [2.45, 2.75) is 6.10 Å². The molecule has 1 atom stereocenters. The Hall–Kier alpha value is -1.94. The van der Waals surface area contributed by atoms with Crippen molar-refractivity contribution in [2.24, 2.45) is 0 Å². The Labute approximate surface area is 92.3 Å². The van der Waals surface area contributed by atoms with Crippen LogP contribution in [-0.4, -0.2) is 15.3 Å². The topological polar surface area (TPSA) is 48.9 Å². The standard InChI is InChI=1S/C12H11FN2O/c1-2-11(16)10-7-14-15-12(10)8-3-5-9(13)6-4-8/h2-7,11,16H,1H2,(H,14,15). The van der Waals surface area contributed by atoms with Crippen LogP contribution in [0, 0.1) is 5.82 Å². The number of halogens is 1. The zero-order valence-electron chi connectivity index (χ0n) is 8.52. The van der Waals surface area contributed by atoms with E-state index in [9.17, 15) is 9.50 Å². The van der Waals surface area contributed by atoms with Crippen LogP contribution in [-0.2, 0) is 0 Å². The summed E-state index contributed by atoms with van der Waals surface area (Å²) in [6.45, 7) is 3.51. The molecule has 1 unspecified atom stereocenters. The predicted octanol–water partition coefficient (Wildman–Crippen LogP) is 2.44. The summed E-state index contributed by atoms with van der Waals surface area (Å²) in [6, 6.07) is 5.98. The third-order valence-electron chi connectivity index (χ3n) is 2.34. The van der Waals surface area contributed by atoms with Gasteiger partial charge in [0.2, 0.25) is 0 Å². The molecule has 1 heterocycles. The van der Waals surface area contributed by atoms with Crippen LogP contribution in [0.3, 0.4) is 0 Å². The second-order valence-electron chi connectivity index (χ2n) is 3.39. The fourth-order valence-electron chi connectivity index (χ4n) is 1.49. The third-order valence-corrected chi connectivity index (χ3v) is 2.34. The average molecular weight is 218 g/mol. The maximum absolute atomic E-state index is 12.8. The molecule has 0 saturated carbocycles. The third kappa shape index (κ3) is 1.87. The molecule has 0 radical (unpaired) electrons. The molecular formula is C12H11FN2O. The van der Waals surface area contributed by atoms with Crippen LogP contribution >= 0.6 is 0 Å². The summed E-state index contributed by atoms with van der Waals surface area (Å²) in [5.74, 6) is -0.297. The number of aliphatic hydroxyl groups is 1. The number of hydrogen-bond acceptors (Lipinski definition) is 2. The van der Waals surface area contributed by atoms with Gasteiger partial charge in [0.25, 0.3) is 0 Å². The van der Waals surface area contributed by atoms with Crippen molar-refractivity contribution in [3.63, 3.8) is 0 Å². The summed E-state index contributed by atoms with van der Waals surface area (Å²) >= 11 is 0. The average Bonchev–Trinajstić information content (AvgIpc) is 2.78. The van der Waals surface area contributed by atoms with Gasteiger partial charge in [0.05, 0.1) is 11.9 Å². The molecule has 0 saturated heterocycles. The highest BCUT2D eigenvalue weighted by atomic mass is 19.1. The molecule has 0 amide bonds. The van der Waals surface area contributed by atoms with Crippen molar-refractivity contribution in [3.8, 4) is 11.3 Å². The Morgan fingerprint density at radius 2 is 2.06 bits per heavy atom. The summed E-state index contributed by atoms with van der Waals surface area (Å²) in [5, 5.41) is 16.3. The Morgan fingerprint density at radius 1 is 1.38 bits per heavy atom. The Morgan fingerprint density at radius 3 is 2.69 bits per heavy atom. The number of aliphatic hydroxyl groups excluding tert-OH is 1. The van der Waals surface area contributed by atoms with Gasteiger partial charge in [-0.05, 0) is 24.3 Å². The van der Waals surface area contributed by atoms with Crippen LogP contribution in [0.25, 0.3) is 11.3 Å².